The average Bonchev–Trinajstić information content (AvgIpc) is 3.04. The Hall–Kier alpha value is -2.17. The van der Waals surface area contributed by atoms with Crippen molar-refractivity contribution >= 4 is 11.8 Å². The monoisotopic (exact) mass is 344 g/mol. The van der Waals surface area contributed by atoms with E-state index in [-0.39, 0.29) is 17.6 Å². The van der Waals surface area contributed by atoms with Gasteiger partial charge in [-0.1, -0.05) is 24.3 Å². The number of amides is 2. The number of hydrogen-bond donors (Lipinski definition) is 0. The van der Waals surface area contributed by atoms with Gasteiger partial charge in [-0.05, 0) is 31.7 Å². The van der Waals surface area contributed by atoms with Crippen molar-refractivity contribution in [1.82, 2.24) is 9.80 Å². The van der Waals surface area contributed by atoms with Crippen molar-refractivity contribution < 1.29 is 14.0 Å². The van der Waals surface area contributed by atoms with Gasteiger partial charge in [-0.2, -0.15) is 0 Å². The van der Waals surface area contributed by atoms with E-state index in [1.54, 1.807) is 29.2 Å². The first-order valence-corrected chi connectivity index (χ1v) is 8.97. The SMILES string of the molecule is C=CCCC(=O)N1CC[C@]2(CCCN(Cc3ccccc3F)C2=O)C1. The Labute approximate surface area is 148 Å². The minimum Gasteiger partial charge on any atom is -0.342 e. The first-order valence-electron chi connectivity index (χ1n) is 8.97. The summed E-state index contributed by atoms with van der Waals surface area (Å²) in [5.41, 5.74) is 0.0673. The van der Waals surface area contributed by atoms with Crippen LogP contribution in [0.2, 0.25) is 0 Å². The zero-order valence-electron chi connectivity index (χ0n) is 14.5. The molecule has 2 aliphatic heterocycles. The molecule has 2 amide bonds. The number of benzene rings is 1. The summed E-state index contributed by atoms with van der Waals surface area (Å²) in [6.45, 7) is 5.73. The second-order valence-corrected chi connectivity index (χ2v) is 7.09. The lowest BCUT2D eigenvalue weighted by molar-refractivity contribution is -0.146. The summed E-state index contributed by atoms with van der Waals surface area (Å²) in [5, 5.41) is 0. The molecule has 25 heavy (non-hydrogen) atoms. The fraction of sp³-hybridized carbons (Fsp3) is 0.500. The van der Waals surface area contributed by atoms with E-state index in [1.807, 2.05) is 4.90 Å². The molecule has 2 fully saturated rings. The number of rotatable bonds is 5. The molecular weight excluding hydrogens is 319 g/mol. The number of likely N-dealkylation sites (tertiary alicyclic amines) is 2. The van der Waals surface area contributed by atoms with E-state index in [2.05, 4.69) is 6.58 Å². The van der Waals surface area contributed by atoms with Gasteiger partial charge in [-0.3, -0.25) is 9.59 Å². The second kappa shape index (κ2) is 7.38. The first-order chi connectivity index (χ1) is 12.1. The lowest BCUT2D eigenvalue weighted by Crippen LogP contribution is -2.50. The molecule has 5 heteroatoms. The molecule has 0 saturated carbocycles. The lowest BCUT2D eigenvalue weighted by atomic mass is 9.78. The molecule has 2 aliphatic rings. The second-order valence-electron chi connectivity index (χ2n) is 7.09. The topological polar surface area (TPSA) is 40.6 Å². The molecule has 1 aromatic carbocycles. The van der Waals surface area contributed by atoms with Crippen LogP contribution in [0, 0.1) is 11.2 Å². The fourth-order valence-electron chi connectivity index (χ4n) is 3.98. The molecule has 2 heterocycles. The number of piperidine rings is 1. The van der Waals surface area contributed by atoms with Gasteiger partial charge < -0.3 is 9.80 Å². The van der Waals surface area contributed by atoms with Gasteiger partial charge in [0.15, 0.2) is 0 Å². The number of nitrogens with zero attached hydrogens (tertiary/aromatic N) is 2. The summed E-state index contributed by atoms with van der Waals surface area (Å²) in [6.07, 6.45) is 5.27. The maximum Gasteiger partial charge on any atom is 0.230 e. The summed E-state index contributed by atoms with van der Waals surface area (Å²) < 4.78 is 13.9. The van der Waals surface area contributed by atoms with Crippen molar-refractivity contribution in [2.75, 3.05) is 19.6 Å². The van der Waals surface area contributed by atoms with Crippen LogP contribution >= 0.6 is 0 Å². The summed E-state index contributed by atoms with van der Waals surface area (Å²) in [5.74, 6) is -0.112. The number of halogens is 1. The average molecular weight is 344 g/mol. The molecule has 1 aromatic rings. The van der Waals surface area contributed by atoms with Crippen LogP contribution in [0.5, 0.6) is 0 Å². The Balaban J connectivity index is 1.69. The zero-order valence-corrected chi connectivity index (χ0v) is 14.5. The lowest BCUT2D eigenvalue weighted by Gasteiger charge is -2.39. The highest BCUT2D eigenvalue weighted by Gasteiger charge is 2.49. The summed E-state index contributed by atoms with van der Waals surface area (Å²) >= 11 is 0. The van der Waals surface area contributed by atoms with Crippen LogP contribution in [-0.4, -0.2) is 41.2 Å². The van der Waals surface area contributed by atoms with E-state index in [0.717, 1.165) is 12.8 Å². The van der Waals surface area contributed by atoms with Crippen LogP contribution in [0.4, 0.5) is 4.39 Å². The largest absolute Gasteiger partial charge is 0.342 e. The van der Waals surface area contributed by atoms with Gasteiger partial charge in [0.1, 0.15) is 5.82 Å². The van der Waals surface area contributed by atoms with Crippen molar-refractivity contribution in [2.45, 2.75) is 38.6 Å². The van der Waals surface area contributed by atoms with Gasteiger partial charge in [0.05, 0.1) is 5.41 Å². The van der Waals surface area contributed by atoms with E-state index in [9.17, 15) is 14.0 Å². The van der Waals surface area contributed by atoms with E-state index >= 15 is 0 Å². The zero-order chi connectivity index (χ0) is 17.9. The molecule has 3 rings (SSSR count). The Morgan fingerprint density at radius 2 is 2.08 bits per heavy atom. The molecule has 0 aliphatic carbocycles. The maximum atomic E-state index is 13.9. The Kier molecular flexibility index (Phi) is 5.21. The van der Waals surface area contributed by atoms with Gasteiger partial charge in [0, 0.05) is 38.2 Å². The van der Waals surface area contributed by atoms with Crippen molar-refractivity contribution in [1.29, 1.82) is 0 Å². The van der Waals surface area contributed by atoms with E-state index in [4.69, 9.17) is 0 Å². The van der Waals surface area contributed by atoms with Crippen LogP contribution in [0.3, 0.4) is 0 Å². The number of allylic oxidation sites excluding steroid dienone is 1. The number of carbonyl (C=O) groups excluding carboxylic acids is 2. The highest BCUT2D eigenvalue weighted by atomic mass is 19.1. The van der Waals surface area contributed by atoms with E-state index in [1.165, 1.54) is 6.07 Å². The predicted molar refractivity (Wildman–Crippen MR) is 94.1 cm³/mol. The van der Waals surface area contributed by atoms with E-state index in [0.29, 0.717) is 51.0 Å². The quantitative estimate of drug-likeness (QED) is 0.770. The summed E-state index contributed by atoms with van der Waals surface area (Å²) in [7, 11) is 0. The highest BCUT2D eigenvalue weighted by molar-refractivity contribution is 5.86. The Bertz CT molecular complexity index is 675. The van der Waals surface area contributed by atoms with Crippen LogP contribution in [0.1, 0.15) is 37.7 Å². The highest BCUT2D eigenvalue weighted by Crippen LogP contribution is 2.40. The molecule has 4 nitrogen and oxygen atoms in total. The normalized spacial score (nSPS) is 23.3. The Morgan fingerprint density at radius 1 is 1.28 bits per heavy atom. The Morgan fingerprint density at radius 3 is 2.84 bits per heavy atom. The first kappa shape index (κ1) is 17.6. The molecule has 0 radical (unpaired) electrons. The van der Waals surface area contributed by atoms with Gasteiger partial charge in [-0.25, -0.2) is 4.39 Å². The molecule has 1 spiro atoms. The molecule has 0 bridgehead atoms. The van der Waals surface area contributed by atoms with Gasteiger partial charge in [-0.15, -0.1) is 6.58 Å². The van der Waals surface area contributed by atoms with Crippen molar-refractivity contribution in [3.05, 3.63) is 48.3 Å². The predicted octanol–water partition coefficient (Wildman–Crippen LogP) is 3.13. The smallest absolute Gasteiger partial charge is 0.230 e. The van der Waals surface area contributed by atoms with Crippen LogP contribution in [-0.2, 0) is 16.1 Å². The maximum absolute atomic E-state index is 13.9. The van der Waals surface area contributed by atoms with Gasteiger partial charge >= 0.3 is 0 Å². The molecule has 134 valence electrons. The van der Waals surface area contributed by atoms with Crippen LogP contribution in [0.15, 0.2) is 36.9 Å². The third-order valence-corrected chi connectivity index (χ3v) is 5.41. The van der Waals surface area contributed by atoms with Crippen molar-refractivity contribution in [2.24, 2.45) is 5.41 Å². The van der Waals surface area contributed by atoms with E-state index < -0.39 is 5.41 Å². The van der Waals surface area contributed by atoms with Crippen molar-refractivity contribution in [3.63, 3.8) is 0 Å². The summed E-state index contributed by atoms with van der Waals surface area (Å²) in [6, 6.07) is 6.60. The minimum absolute atomic E-state index is 0.0704. The minimum atomic E-state index is -0.479. The third-order valence-electron chi connectivity index (χ3n) is 5.41. The van der Waals surface area contributed by atoms with Crippen LogP contribution in [0.25, 0.3) is 0 Å². The summed E-state index contributed by atoms with van der Waals surface area (Å²) in [4.78, 5) is 28.9. The molecular formula is C20H25FN2O2. The third kappa shape index (κ3) is 3.60. The number of hydrogen-bond acceptors (Lipinski definition) is 2. The fourth-order valence-corrected chi connectivity index (χ4v) is 3.98. The van der Waals surface area contributed by atoms with Crippen molar-refractivity contribution in [3.8, 4) is 0 Å². The van der Waals surface area contributed by atoms with Gasteiger partial charge in [0.2, 0.25) is 11.8 Å². The molecule has 0 N–H and O–H groups in total. The molecule has 2 saturated heterocycles. The van der Waals surface area contributed by atoms with Gasteiger partial charge in [0.25, 0.3) is 0 Å². The molecule has 0 aromatic heterocycles. The molecule has 0 unspecified atom stereocenters. The standard InChI is InChI=1S/C20H25FN2O2/c1-2-3-9-18(24)23-13-11-20(15-23)10-6-12-22(19(20)25)14-16-7-4-5-8-17(16)21/h2,4-5,7-8H,1,3,6,9-15H2/t20-/m1/s1. The van der Waals surface area contributed by atoms with Crippen LogP contribution < -0.4 is 0 Å². The molecule has 1 atom stereocenters. The number of carbonyl (C=O) groups is 2.